The molecule has 1 aromatic rings. The Kier molecular flexibility index (Phi) is 7.48. The summed E-state index contributed by atoms with van der Waals surface area (Å²) in [5.41, 5.74) is 1.22. The number of ether oxygens (including phenoxy) is 2. The molecule has 0 fully saturated rings. The first-order valence-corrected chi connectivity index (χ1v) is 6.80. The topological polar surface area (TPSA) is 50.7 Å². The maximum atomic E-state index is 9.62. The third kappa shape index (κ3) is 7.15. The molecule has 0 saturated heterocycles. The van der Waals surface area contributed by atoms with Crippen molar-refractivity contribution in [3.63, 3.8) is 0 Å². The van der Waals surface area contributed by atoms with Crippen LogP contribution in [0.3, 0.4) is 0 Å². The van der Waals surface area contributed by atoms with Crippen molar-refractivity contribution < 1.29 is 14.6 Å². The van der Waals surface area contributed by atoms with Crippen molar-refractivity contribution in [1.29, 1.82) is 0 Å². The Morgan fingerprint density at radius 1 is 1.21 bits per heavy atom. The normalized spacial score (nSPS) is 14.1. The molecule has 19 heavy (non-hydrogen) atoms. The predicted molar refractivity (Wildman–Crippen MR) is 76.6 cm³/mol. The second-order valence-electron chi connectivity index (χ2n) is 4.75. The number of aryl methyl sites for hydroxylation is 1. The number of hydrogen-bond donors (Lipinski definition) is 2. The van der Waals surface area contributed by atoms with Gasteiger partial charge in [-0.15, -0.1) is 0 Å². The Morgan fingerprint density at radius 3 is 2.53 bits per heavy atom. The van der Waals surface area contributed by atoms with Crippen molar-refractivity contribution in [3.8, 4) is 5.75 Å². The summed E-state index contributed by atoms with van der Waals surface area (Å²) in [6.07, 6.45) is -0.471. The molecule has 2 atom stereocenters. The Bertz CT molecular complexity index is 340. The van der Waals surface area contributed by atoms with E-state index in [4.69, 9.17) is 9.47 Å². The van der Waals surface area contributed by atoms with Crippen LogP contribution in [0.1, 0.15) is 19.4 Å². The van der Waals surface area contributed by atoms with Gasteiger partial charge in [-0.1, -0.05) is 17.7 Å². The third-order valence-electron chi connectivity index (χ3n) is 2.74. The van der Waals surface area contributed by atoms with E-state index in [0.717, 1.165) is 5.75 Å². The molecule has 1 aromatic carbocycles. The van der Waals surface area contributed by atoms with Gasteiger partial charge in [0.15, 0.2) is 0 Å². The highest BCUT2D eigenvalue weighted by Crippen LogP contribution is 2.11. The van der Waals surface area contributed by atoms with Crippen LogP contribution >= 0.6 is 0 Å². The molecule has 4 heteroatoms. The Hall–Kier alpha value is -1.10. The highest BCUT2D eigenvalue weighted by molar-refractivity contribution is 5.26. The molecule has 4 nitrogen and oxygen atoms in total. The van der Waals surface area contributed by atoms with Gasteiger partial charge >= 0.3 is 0 Å². The summed E-state index contributed by atoms with van der Waals surface area (Å²) in [7, 11) is 0. The summed E-state index contributed by atoms with van der Waals surface area (Å²) in [4.78, 5) is 0. The SMILES string of the molecule is CCOCC(O)CNC(C)COc1ccc(C)cc1. The maximum Gasteiger partial charge on any atom is 0.119 e. The number of aliphatic hydroxyl groups excluding tert-OH is 1. The summed E-state index contributed by atoms with van der Waals surface area (Å²) in [5.74, 6) is 0.870. The van der Waals surface area contributed by atoms with E-state index in [2.05, 4.69) is 5.32 Å². The smallest absolute Gasteiger partial charge is 0.119 e. The van der Waals surface area contributed by atoms with Crippen LogP contribution in [0.25, 0.3) is 0 Å². The van der Waals surface area contributed by atoms with E-state index >= 15 is 0 Å². The quantitative estimate of drug-likeness (QED) is 0.715. The van der Waals surface area contributed by atoms with Crippen molar-refractivity contribution in [3.05, 3.63) is 29.8 Å². The molecule has 0 amide bonds. The molecule has 0 aromatic heterocycles. The molecule has 0 radical (unpaired) electrons. The second kappa shape index (κ2) is 8.91. The van der Waals surface area contributed by atoms with Gasteiger partial charge in [0.05, 0.1) is 12.7 Å². The van der Waals surface area contributed by atoms with Gasteiger partial charge in [-0.3, -0.25) is 0 Å². The summed E-state index contributed by atoms with van der Waals surface area (Å²) in [5, 5.41) is 12.8. The van der Waals surface area contributed by atoms with Crippen molar-refractivity contribution >= 4 is 0 Å². The van der Waals surface area contributed by atoms with E-state index in [9.17, 15) is 5.11 Å². The minimum atomic E-state index is -0.471. The van der Waals surface area contributed by atoms with Crippen LogP contribution in [0.15, 0.2) is 24.3 Å². The minimum absolute atomic E-state index is 0.178. The molecule has 0 aliphatic rings. The molecule has 2 N–H and O–H groups in total. The average molecular weight is 267 g/mol. The summed E-state index contributed by atoms with van der Waals surface area (Å²) >= 11 is 0. The lowest BCUT2D eigenvalue weighted by Gasteiger charge is -2.17. The average Bonchev–Trinajstić information content (AvgIpc) is 2.42. The fourth-order valence-corrected chi connectivity index (χ4v) is 1.56. The van der Waals surface area contributed by atoms with E-state index in [1.807, 2.05) is 45.0 Å². The first-order valence-electron chi connectivity index (χ1n) is 6.80. The van der Waals surface area contributed by atoms with E-state index in [0.29, 0.717) is 26.4 Å². The van der Waals surface area contributed by atoms with E-state index < -0.39 is 6.10 Å². The second-order valence-corrected chi connectivity index (χ2v) is 4.75. The highest BCUT2D eigenvalue weighted by atomic mass is 16.5. The third-order valence-corrected chi connectivity index (χ3v) is 2.74. The zero-order chi connectivity index (χ0) is 14.1. The standard InChI is InChI=1S/C15H25NO3/c1-4-18-11-14(17)9-16-13(3)10-19-15-7-5-12(2)6-8-15/h5-8,13-14,16-17H,4,9-11H2,1-3H3. The Labute approximate surface area is 115 Å². The molecule has 0 saturated carbocycles. The van der Waals surface area contributed by atoms with Crippen LogP contribution in [-0.4, -0.2) is 43.6 Å². The first-order chi connectivity index (χ1) is 9.11. The lowest BCUT2D eigenvalue weighted by atomic mass is 10.2. The van der Waals surface area contributed by atoms with Gasteiger partial charge in [-0.25, -0.2) is 0 Å². The summed E-state index contributed by atoms with van der Waals surface area (Å²) < 4.78 is 10.8. The van der Waals surface area contributed by atoms with Gasteiger partial charge in [0.25, 0.3) is 0 Å². The fourth-order valence-electron chi connectivity index (χ4n) is 1.56. The van der Waals surface area contributed by atoms with Crippen LogP contribution in [-0.2, 0) is 4.74 Å². The van der Waals surface area contributed by atoms with Crippen molar-refractivity contribution in [2.45, 2.75) is 32.9 Å². The number of benzene rings is 1. The lowest BCUT2D eigenvalue weighted by Crippen LogP contribution is -2.38. The van der Waals surface area contributed by atoms with E-state index in [-0.39, 0.29) is 6.04 Å². The van der Waals surface area contributed by atoms with Crippen LogP contribution < -0.4 is 10.1 Å². The molecule has 0 aliphatic carbocycles. The summed E-state index contributed by atoms with van der Waals surface area (Å²) in [6.45, 7) is 8.08. The van der Waals surface area contributed by atoms with Gasteiger partial charge in [0.1, 0.15) is 12.4 Å². The summed E-state index contributed by atoms with van der Waals surface area (Å²) in [6, 6.07) is 8.16. The molecule has 0 bridgehead atoms. The monoisotopic (exact) mass is 267 g/mol. The molecular weight excluding hydrogens is 242 g/mol. The molecule has 0 aliphatic heterocycles. The Morgan fingerprint density at radius 2 is 1.89 bits per heavy atom. The number of hydrogen-bond acceptors (Lipinski definition) is 4. The molecular formula is C15H25NO3. The zero-order valence-corrected chi connectivity index (χ0v) is 12.1. The van der Waals surface area contributed by atoms with Crippen LogP contribution in [0, 0.1) is 6.92 Å². The van der Waals surface area contributed by atoms with Crippen LogP contribution in [0.4, 0.5) is 0 Å². The van der Waals surface area contributed by atoms with Crippen LogP contribution in [0.2, 0.25) is 0 Å². The van der Waals surface area contributed by atoms with Gasteiger partial charge in [-0.05, 0) is 32.9 Å². The molecule has 2 unspecified atom stereocenters. The van der Waals surface area contributed by atoms with Gasteiger partial charge < -0.3 is 19.9 Å². The lowest BCUT2D eigenvalue weighted by molar-refractivity contribution is 0.0408. The van der Waals surface area contributed by atoms with Crippen molar-refractivity contribution in [2.24, 2.45) is 0 Å². The van der Waals surface area contributed by atoms with Gasteiger partial charge in [-0.2, -0.15) is 0 Å². The molecule has 0 heterocycles. The number of nitrogens with one attached hydrogen (secondary N) is 1. The predicted octanol–water partition coefficient (Wildman–Crippen LogP) is 1.75. The first kappa shape index (κ1) is 16.0. The fraction of sp³-hybridized carbons (Fsp3) is 0.600. The highest BCUT2D eigenvalue weighted by Gasteiger charge is 2.07. The van der Waals surface area contributed by atoms with Gasteiger partial charge in [0.2, 0.25) is 0 Å². The zero-order valence-electron chi connectivity index (χ0n) is 12.1. The molecule has 0 spiro atoms. The minimum Gasteiger partial charge on any atom is -0.492 e. The van der Waals surface area contributed by atoms with Crippen molar-refractivity contribution in [2.75, 3.05) is 26.4 Å². The molecule has 108 valence electrons. The van der Waals surface area contributed by atoms with Crippen molar-refractivity contribution in [1.82, 2.24) is 5.32 Å². The maximum absolute atomic E-state index is 9.62. The number of rotatable bonds is 9. The van der Waals surface area contributed by atoms with E-state index in [1.54, 1.807) is 0 Å². The van der Waals surface area contributed by atoms with Gasteiger partial charge in [0, 0.05) is 19.2 Å². The van der Waals surface area contributed by atoms with E-state index in [1.165, 1.54) is 5.56 Å². The molecule has 1 rings (SSSR count). The Balaban J connectivity index is 2.17. The largest absolute Gasteiger partial charge is 0.492 e. The number of aliphatic hydroxyl groups is 1. The van der Waals surface area contributed by atoms with Crippen LogP contribution in [0.5, 0.6) is 5.75 Å².